The van der Waals surface area contributed by atoms with Gasteiger partial charge in [-0.3, -0.25) is 0 Å². The van der Waals surface area contributed by atoms with E-state index < -0.39 is 5.97 Å². The highest BCUT2D eigenvalue weighted by molar-refractivity contribution is 7.72. The average Bonchev–Trinajstić information content (AvgIpc) is 2.46. The van der Waals surface area contributed by atoms with Crippen molar-refractivity contribution < 1.29 is 13.9 Å². The molecule has 0 saturated carbocycles. The summed E-state index contributed by atoms with van der Waals surface area (Å²) in [5.74, 6) is -0.415. The molecule has 0 unspecified atom stereocenters. The largest absolute Gasteiger partial charge is 0.465 e. The van der Waals surface area contributed by atoms with E-state index in [1.54, 1.807) is 18.2 Å². The van der Waals surface area contributed by atoms with Crippen LogP contribution in [0.15, 0.2) is 46.9 Å². The molecule has 0 radical (unpaired) electrons. The summed E-state index contributed by atoms with van der Waals surface area (Å²) in [4.78, 5) is 11.8. The second-order valence-corrected chi connectivity index (χ2v) is 4.51. The van der Waals surface area contributed by atoms with Gasteiger partial charge in [-0.1, -0.05) is 30.4 Å². The van der Waals surface area contributed by atoms with E-state index in [1.165, 1.54) is 7.11 Å². The van der Waals surface area contributed by atoms with Gasteiger partial charge in [0.25, 0.3) is 0 Å². The number of carbonyl (C=O) groups excluding carboxylic acids is 1. The van der Waals surface area contributed by atoms with Crippen molar-refractivity contribution >= 4 is 40.1 Å². The van der Waals surface area contributed by atoms with Crippen molar-refractivity contribution in [1.29, 1.82) is 0 Å². The van der Waals surface area contributed by atoms with E-state index >= 15 is 0 Å². The molecule has 94 valence electrons. The molecule has 0 aliphatic carbocycles. The molecule has 3 nitrogen and oxygen atoms in total. The summed E-state index contributed by atoms with van der Waals surface area (Å²) in [7, 11) is 1.35. The Balaban J connectivity index is 2.53. The Morgan fingerprint density at radius 1 is 1.11 bits per heavy atom. The summed E-state index contributed by atoms with van der Waals surface area (Å²) < 4.78 is 11.2. The minimum absolute atomic E-state index is 0.415. The topological polar surface area (TPSA) is 39.4 Å². The number of rotatable bonds is 1. The third-order valence-electron chi connectivity index (χ3n) is 3.01. The van der Waals surface area contributed by atoms with E-state index in [0.717, 1.165) is 5.39 Å². The molecule has 1 heterocycles. The van der Waals surface area contributed by atoms with Crippen LogP contribution in [0.3, 0.4) is 0 Å². The van der Waals surface area contributed by atoms with Crippen molar-refractivity contribution in [2.45, 2.75) is 0 Å². The first-order valence-electron chi connectivity index (χ1n) is 5.75. The summed E-state index contributed by atoms with van der Waals surface area (Å²) in [5, 5.41) is 1.45. The Morgan fingerprint density at radius 3 is 2.63 bits per heavy atom. The Bertz CT molecular complexity index is 849. The lowest BCUT2D eigenvalue weighted by atomic mass is 10.1. The van der Waals surface area contributed by atoms with Gasteiger partial charge in [-0.15, -0.1) is 0 Å². The van der Waals surface area contributed by atoms with Crippen LogP contribution in [-0.4, -0.2) is 13.1 Å². The Kier molecular flexibility index (Phi) is 2.80. The van der Waals surface area contributed by atoms with Crippen molar-refractivity contribution in [3.63, 3.8) is 0 Å². The molecule has 0 amide bonds. The predicted molar refractivity (Wildman–Crippen MR) is 75.9 cm³/mol. The number of esters is 1. The van der Waals surface area contributed by atoms with E-state index in [-0.39, 0.29) is 0 Å². The van der Waals surface area contributed by atoms with Crippen LogP contribution in [-0.2, 0) is 4.74 Å². The van der Waals surface area contributed by atoms with Gasteiger partial charge in [0.05, 0.1) is 22.6 Å². The van der Waals surface area contributed by atoms with E-state index in [2.05, 4.69) is 0 Å². The number of para-hydroxylation sites is 1. The number of benzene rings is 2. The first-order chi connectivity index (χ1) is 9.22. The van der Waals surface area contributed by atoms with E-state index in [1.807, 2.05) is 24.3 Å². The molecule has 1 aromatic heterocycles. The number of carbonyl (C=O) groups is 1. The van der Waals surface area contributed by atoms with Gasteiger partial charge in [-0.05, 0) is 24.3 Å². The second-order valence-electron chi connectivity index (χ2n) is 4.10. The van der Waals surface area contributed by atoms with Crippen LogP contribution in [0.1, 0.15) is 10.4 Å². The van der Waals surface area contributed by atoms with Crippen LogP contribution in [0.4, 0.5) is 0 Å². The van der Waals surface area contributed by atoms with Crippen molar-refractivity contribution in [2.24, 2.45) is 0 Å². The van der Waals surface area contributed by atoms with Crippen LogP contribution in [0.25, 0.3) is 21.9 Å². The van der Waals surface area contributed by atoms with Crippen molar-refractivity contribution in [3.05, 3.63) is 52.5 Å². The Labute approximate surface area is 114 Å². The fraction of sp³-hybridized carbons (Fsp3) is 0.0667. The molecule has 2 aromatic carbocycles. The fourth-order valence-electron chi connectivity index (χ4n) is 2.13. The van der Waals surface area contributed by atoms with Gasteiger partial charge >= 0.3 is 5.97 Å². The number of fused-ring (bicyclic) bond motifs is 2. The monoisotopic (exact) mass is 270 g/mol. The SMILES string of the molecule is COC(=O)c1cccc2oc3ccccc3c(=S)c12. The van der Waals surface area contributed by atoms with E-state index in [9.17, 15) is 4.79 Å². The minimum Gasteiger partial charge on any atom is -0.465 e. The molecule has 3 rings (SSSR count). The van der Waals surface area contributed by atoms with Gasteiger partial charge in [-0.2, -0.15) is 0 Å². The van der Waals surface area contributed by atoms with E-state index in [4.69, 9.17) is 21.4 Å². The van der Waals surface area contributed by atoms with Gasteiger partial charge in [0.15, 0.2) is 0 Å². The van der Waals surface area contributed by atoms with Crippen molar-refractivity contribution in [2.75, 3.05) is 7.11 Å². The summed E-state index contributed by atoms with van der Waals surface area (Å²) in [5.41, 5.74) is 1.73. The highest BCUT2D eigenvalue weighted by Crippen LogP contribution is 2.28. The predicted octanol–water partition coefficient (Wildman–Crippen LogP) is 4.10. The van der Waals surface area contributed by atoms with Gasteiger partial charge in [0.1, 0.15) is 11.2 Å². The zero-order valence-electron chi connectivity index (χ0n) is 10.2. The molecule has 0 saturated heterocycles. The molecule has 3 aromatic rings. The molecule has 0 atom stereocenters. The van der Waals surface area contributed by atoms with Crippen molar-refractivity contribution in [3.8, 4) is 0 Å². The Morgan fingerprint density at radius 2 is 1.84 bits per heavy atom. The van der Waals surface area contributed by atoms with Crippen LogP contribution < -0.4 is 0 Å². The maximum Gasteiger partial charge on any atom is 0.338 e. The molecular formula is C15H10O3S. The molecule has 0 spiro atoms. The zero-order chi connectivity index (χ0) is 13.4. The molecule has 0 aliphatic rings. The molecule has 4 heteroatoms. The number of hydrogen-bond donors (Lipinski definition) is 0. The van der Waals surface area contributed by atoms with Crippen molar-refractivity contribution in [1.82, 2.24) is 0 Å². The standard InChI is InChI=1S/C15H10O3S/c1-17-15(16)10-6-4-8-12-13(10)14(19)9-5-2-3-7-11(9)18-12/h2-8H,1H3. The molecular weight excluding hydrogens is 260 g/mol. The van der Waals surface area contributed by atoms with Gasteiger partial charge in [-0.25, -0.2) is 4.79 Å². The Hall–Kier alpha value is -2.20. The normalized spacial score (nSPS) is 10.8. The average molecular weight is 270 g/mol. The van der Waals surface area contributed by atoms with Gasteiger partial charge < -0.3 is 9.15 Å². The summed E-state index contributed by atoms with van der Waals surface area (Å²) in [6.45, 7) is 0. The molecule has 0 N–H and O–H groups in total. The summed E-state index contributed by atoms with van der Waals surface area (Å²) >= 11 is 5.48. The molecule has 0 aliphatic heterocycles. The fourth-order valence-corrected chi connectivity index (χ4v) is 2.51. The first kappa shape index (κ1) is 11.9. The van der Waals surface area contributed by atoms with Crippen LogP contribution in [0.5, 0.6) is 0 Å². The van der Waals surface area contributed by atoms with Gasteiger partial charge in [0.2, 0.25) is 0 Å². The maximum atomic E-state index is 11.8. The van der Waals surface area contributed by atoms with Crippen LogP contribution >= 0.6 is 12.2 Å². The highest BCUT2D eigenvalue weighted by atomic mass is 32.1. The minimum atomic E-state index is -0.415. The number of hydrogen-bond acceptors (Lipinski definition) is 4. The van der Waals surface area contributed by atoms with Crippen LogP contribution in [0, 0.1) is 4.51 Å². The summed E-state index contributed by atoms with van der Waals surface area (Å²) in [6, 6.07) is 12.8. The number of methoxy groups -OCH3 is 1. The summed E-state index contributed by atoms with van der Waals surface area (Å²) in [6.07, 6.45) is 0. The van der Waals surface area contributed by atoms with Gasteiger partial charge in [0, 0.05) is 5.39 Å². The first-order valence-corrected chi connectivity index (χ1v) is 6.16. The smallest absolute Gasteiger partial charge is 0.338 e. The second kappa shape index (κ2) is 4.48. The lowest BCUT2D eigenvalue weighted by molar-refractivity contribution is 0.0603. The third kappa shape index (κ3) is 1.81. The highest BCUT2D eigenvalue weighted by Gasteiger charge is 2.14. The third-order valence-corrected chi connectivity index (χ3v) is 3.43. The van der Waals surface area contributed by atoms with E-state index in [0.29, 0.717) is 26.6 Å². The number of ether oxygens (including phenoxy) is 1. The molecule has 19 heavy (non-hydrogen) atoms. The quantitative estimate of drug-likeness (QED) is 0.379. The maximum absolute atomic E-state index is 11.8. The lowest BCUT2D eigenvalue weighted by Crippen LogP contribution is -2.02. The van der Waals surface area contributed by atoms with Crippen LogP contribution in [0.2, 0.25) is 0 Å². The zero-order valence-corrected chi connectivity index (χ0v) is 11.0. The lowest BCUT2D eigenvalue weighted by Gasteiger charge is -2.06. The molecule has 0 bridgehead atoms. The molecule has 0 fully saturated rings.